The Balaban J connectivity index is 1.91. The number of hydrogen-bond donors (Lipinski definition) is 8. The summed E-state index contributed by atoms with van der Waals surface area (Å²) in [4.78, 5) is 55.3. The number of carbonyl (C=O) groups is 4. The number of aromatic nitrogens is 2. The van der Waals surface area contributed by atoms with Gasteiger partial charge in [0.05, 0.1) is 19.0 Å². The van der Waals surface area contributed by atoms with E-state index in [-0.39, 0.29) is 18.6 Å². The highest BCUT2D eigenvalue weighted by Gasteiger charge is 2.28. The van der Waals surface area contributed by atoms with Gasteiger partial charge in [-0.15, -0.1) is 0 Å². The number of aliphatic hydroxyl groups is 1. The smallest absolute Gasteiger partial charge is 0.326 e. The van der Waals surface area contributed by atoms with Gasteiger partial charge < -0.3 is 42.0 Å². The second-order valence-electron chi connectivity index (χ2n) is 7.63. The van der Waals surface area contributed by atoms with E-state index in [2.05, 4.69) is 25.9 Å². The lowest BCUT2D eigenvalue weighted by Gasteiger charge is -2.22. The minimum Gasteiger partial charge on any atom is -0.508 e. The third-order valence-electron chi connectivity index (χ3n) is 4.89. The summed E-state index contributed by atoms with van der Waals surface area (Å²) in [5.74, 6) is -3.62. The van der Waals surface area contributed by atoms with E-state index in [0.717, 1.165) is 0 Å². The first-order chi connectivity index (χ1) is 16.1. The van der Waals surface area contributed by atoms with Crippen molar-refractivity contribution in [3.05, 3.63) is 48.0 Å². The maximum atomic E-state index is 12.5. The molecule has 13 nitrogen and oxygen atoms in total. The molecule has 1 aromatic heterocycles. The zero-order valence-electron chi connectivity index (χ0n) is 18.4. The molecule has 0 aliphatic rings. The lowest BCUT2D eigenvalue weighted by atomic mass is 10.1. The topological polar surface area (TPSA) is 220 Å². The van der Waals surface area contributed by atoms with Gasteiger partial charge in [-0.1, -0.05) is 12.1 Å². The van der Waals surface area contributed by atoms with E-state index in [9.17, 15) is 34.5 Å². The maximum absolute atomic E-state index is 12.5. The van der Waals surface area contributed by atoms with Gasteiger partial charge in [-0.25, -0.2) is 9.78 Å². The number of aliphatic carboxylic acids is 1. The van der Waals surface area contributed by atoms with Crippen LogP contribution >= 0.6 is 0 Å². The highest BCUT2D eigenvalue weighted by molar-refractivity contribution is 5.94. The molecule has 0 bridgehead atoms. The van der Waals surface area contributed by atoms with Gasteiger partial charge >= 0.3 is 5.97 Å². The summed E-state index contributed by atoms with van der Waals surface area (Å²) >= 11 is 0. The number of carbonyl (C=O) groups excluding carboxylic acids is 3. The third kappa shape index (κ3) is 7.86. The number of aliphatic hydroxyl groups excluding tert-OH is 1. The normalized spacial score (nSPS) is 14.3. The number of H-pyrrole nitrogens is 1. The molecular formula is C21H28N6O7. The highest BCUT2D eigenvalue weighted by atomic mass is 16.4. The van der Waals surface area contributed by atoms with Crippen LogP contribution in [0.2, 0.25) is 0 Å². The molecule has 0 aliphatic carbocycles. The fourth-order valence-electron chi connectivity index (χ4n) is 2.94. The summed E-state index contributed by atoms with van der Waals surface area (Å²) in [7, 11) is 0. The largest absolute Gasteiger partial charge is 0.508 e. The average Bonchev–Trinajstić information content (AvgIpc) is 3.30. The summed E-state index contributed by atoms with van der Waals surface area (Å²) in [6.45, 7) is 0.566. The Morgan fingerprint density at radius 3 is 2.21 bits per heavy atom. The Kier molecular flexibility index (Phi) is 9.52. The SMILES string of the molecule is CC(NC(=O)C(N)Cc1cnc[nH]1)C(=O)NC(CO)C(=O)NC(Cc1ccc(O)cc1)C(=O)O. The molecule has 2 aromatic rings. The monoisotopic (exact) mass is 476 g/mol. The number of rotatable bonds is 12. The van der Waals surface area contributed by atoms with Crippen molar-refractivity contribution in [3.8, 4) is 5.75 Å². The molecule has 4 unspecified atom stereocenters. The number of phenolic OH excluding ortho intramolecular Hbond substituents is 1. The molecule has 184 valence electrons. The Bertz CT molecular complexity index is 980. The van der Waals surface area contributed by atoms with E-state index < -0.39 is 54.5 Å². The van der Waals surface area contributed by atoms with Crippen molar-refractivity contribution in [1.29, 1.82) is 0 Å². The second kappa shape index (κ2) is 12.3. The second-order valence-corrected chi connectivity index (χ2v) is 7.63. The lowest BCUT2D eigenvalue weighted by molar-refractivity contribution is -0.142. The number of nitrogens with two attached hydrogens (primary N) is 1. The molecule has 1 aromatic carbocycles. The predicted octanol–water partition coefficient (Wildman–Crippen LogP) is -2.22. The molecule has 0 saturated carbocycles. The fraction of sp³-hybridized carbons (Fsp3) is 0.381. The molecule has 0 saturated heterocycles. The average molecular weight is 476 g/mol. The van der Waals surface area contributed by atoms with E-state index in [0.29, 0.717) is 11.3 Å². The Morgan fingerprint density at radius 2 is 1.65 bits per heavy atom. The van der Waals surface area contributed by atoms with Crippen LogP contribution in [0.5, 0.6) is 5.75 Å². The van der Waals surface area contributed by atoms with E-state index >= 15 is 0 Å². The van der Waals surface area contributed by atoms with E-state index in [4.69, 9.17) is 5.73 Å². The highest BCUT2D eigenvalue weighted by Crippen LogP contribution is 2.11. The first-order valence-electron chi connectivity index (χ1n) is 10.4. The van der Waals surface area contributed by atoms with Crippen LogP contribution in [-0.4, -0.2) is 79.8 Å². The zero-order valence-corrected chi connectivity index (χ0v) is 18.4. The van der Waals surface area contributed by atoms with Crippen LogP contribution < -0.4 is 21.7 Å². The first-order valence-corrected chi connectivity index (χ1v) is 10.4. The molecular weight excluding hydrogens is 448 g/mol. The summed E-state index contributed by atoms with van der Waals surface area (Å²) in [6, 6.07) is 0.923. The molecule has 0 radical (unpaired) electrons. The molecule has 2 rings (SSSR count). The number of aromatic hydroxyl groups is 1. The van der Waals surface area contributed by atoms with Gasteiger partial charge in [0.2, 0.25) is 17.7 Å². The van der Waals surface area contributed by atoms with Crippen LogP contribution in [0.25, 0.3) is 0 Å². The number of nitrogens with zero attached hydrogens (tertiary/aromatic N) is 1. The predicted molar refractivity (Wildman–Crippen MR) is 118 cm³/mol. The van der Waals surface area contributed by atoms with Crippen molar-refractivity contribution in [2.45, 2.75) is 43.9 Å². The number of benzene rings is 1. The molecule has 0 spiro atoms. The number of imidazole rings is 1. The van der Waals surface area contributed by atoms with Gasteiger partial charge in [-0.2, -0.15) is 0 Å². The summed E-state index contributed by atoms with van der Waals surface area (Å²) in [5, 5.41) is 35.3. The fourth-order valence-corrected chi connectivity index (χ4v) is 2.94. The minimum absolute atomic E-state index is 0.00573. The molecule has 3 amide bonds. The number of hydrogen-bond acceptors (Lipinski definition) is 8. The number of carboxylic acid groups (broad SMARTS) is 1. The van der Waals surface area contributed by atoms with Gasteiger partial charge in [0.1, 0.15) is 23.9 Å². The molecule has 9 N–H and O–H groups in total. The van der Waals surface area contributed by atoms with Crippen molar-refractivity contribution in [3.63, 3.8) is 0 Å². The van der Waals surface area contributed by atoms with Crippen molar-refractivity contribution in [2.24, 2.45) is 5.73 Å². The molecule has 13 heteroatoms. The quantitative estimate of drug-likeness (QED) is 0.166. The lowest BCUT2D eigenvalue weighted by Crippen LogP contribution is -2.57. The Hall–Kier alpha value is -3.97. The summed E-state index contributed by atoms with van der Waals surface area (Å²) in [5.41, 5.74) is 7.00. The molecule has 0 aliphatic heterocycles. The first kappa shape index (κ1) is 26.3. The molecule has 4 atom stereocenters. The van der Waals surface area contributed by atoms with Crippen molar-refractivity contribution < 1.29 is 34.5 Å². The van der Waals surface area contributed by atoms with E-state index in [1.165, 1.54) is 43.7 Å². The number of nitrogens with one attached hydrogen (secondary N) is 4. The molecule has 1 heterocycles. The van der Waals surface area contributed by atoms with Crippen LogP contribution in [0.4, 0.5) is 0 Å². The van der Waals surface area contributed by atoms with Gasteiger partial charge in [0.25, 0.3) is 0 Å². The Labute approximate surface area is 194 Å². The van der Waals surface area contributed by atoms with Crippen LogP contribution in [-0.2, 0) is 32.0 Å². The molecule has 34 heavy (non-hydrogen) atoms. The van der Waals surface area contributed by atoms with Crippen LogP contribution in [0.1, 0.15) is 18.2 Å². The van der Waals surface area contributed by atoms with Gasteiger partial charge in [0.15, 0.2) is 0 Å². The summed E-state index contributed by atoms with van der Waals surface area (Å²) in [6.07, 6.45) is 3.03. The van der Waals surface area contributed by atoms with Crippen LogP contribution in [0.3, 0.4) is 0 Å². The number of aromatic amines is 1. The Morgan fingerprint density at radius 1 is 1.00 bits per heavy atom. The van der Waals surface area contributed by atoms with Crippen LogP contribution in [0, 0.1) is 0 Å². The molecule has 0 fully saturated rings. The zero-order chi connectivity index (χ0) is 25.3. The standard InChI is InChI=1S/C21H28N6O7/c1-11(25-19(31)15(22)7-13-8-23-10-24-13)18(30)27-17(9-28)20(32)26-16(21(33)34)6-12-2-4-14(29)5-3-12/h2-5,8,10-11,15-17,28-29H,6-7,9,22H2,1H3,(H,23,24)(H,25,31)(H,26,32)(H,27,30)(H,33,34). The maximum Gasteiger partial charge on any atom is 0.326 e. The van der Waals surface area contributed by atoms with Crippen molar-refractivity contribution >= 4 is 23.7 Å². The van der Waals surface area contributed by atoms with Gasteiger partial charge in [0, 0.05) is 24.7 Å². The van der Waals surface area contributed by atoms with E-state index in [1.807, 2.05) is 0 Å². The number of carboxylic acids is 1. The number of phenols is 1. The number of amides is 3. The summed E-state index contributed by atoms with van der Waals surface area (Å²) < 4.78 is 0. The van der Waals surface area contributed by atoms with Crippen molar-refractivity contribution in [1.82, 2.24) is 25.9 Å². The van der Waals surface area contributed by atoms with E-state index in [1.54, 1.807) is 0 Å². The van der Waals surface area contributed by atoms with Crippen LogP contribution in [0.15, 0.2) is 36.8 Å². The van der Waals surface area contributed by atoms with Gasteiger partial charge in [-0.3, -0.25) is 14.4 Å². The third-order valence-corrected chi connectivity index (χ3v) is 4.89. The van der Waals surface area contributed by atoms with Gasteiger partial charge in [-0.05, 0) is 24.6 Å². The van der Waals surface area contributed by atoms with Crippen molar-refractivity contribution in [2.75, 3.05) is 6.61 Å². The minimum atomic E-state index is -1.45.